The topological polar surface area (TPSA) is 78.8 Å². The molecule has 3 heterocycles. The summed E-state index contributed by atoms with van der Waals surface area (Å²) in [5.74, 6) is 1.24. The summed E-state index contributed by atoms with van der Waals surface area (Å²) < 4.78 is 7.64. The van der Waals surface area contributed by atoms with Crippen LogP contribution in [0, 0.1) is 0 Å². The number of hydrogen-bond acceptors (Lipinski definition) is 5. The molecule has 1 aliphatic heterocycles. The number of nitrogen functional groups attached to an aromatic ring is 1. The van der Waals surface area contributed by atoms with E-state index in [4.69, 9.17) is 10.5 Å². The van der Waals surface area contributed by atoms with E-state index in [0.29, 0.717) is 11.3 Å². The van der Waals surface area contributed by atoms with E-state index in [2.05, 4.69) is 21.9 Å². The molecule has 0 unspecified atom stereocenters. The van der Waals surface area contributed by atoms with E-state index in [0.717, 1.165) is 43.8 Å². The molecular weight excluding hydrogens is 230 g/mol. The van der Waals surface area contributed by atoms with Gasteiger partial charge in [-0.1, -0.05) is 6.92 Å². The van der Waals surface area contributed by atoms with Crippen molar-refractivity contribution in [3.05, 3.63) is 12.2 Å². The van der Waals surface area contributed by atoms with Gasteiger partial charge in [-0.25, -0.2) is 15.0 Å². The molecule has 6 nitrogen and oxygen atoms in total. The van der Waals surface area contributed by atoms with E-state index >= 15 is 0 Å². The highest BCUT2D eigenvalue weighted by Crippen LogP contribution is 2.27. The number of aromatic nitrogens is 4. The minimum absolute atomic E-state index is 0.0405. The number of rotatable bonds is 3. The molecule has 0 radical (unpaired) electrons. The first-order valence-electron chi connectivity index (χ1n) is 6.40. The quantitative estimate of drug-likeness (QED) is 0.892. The molecule has 18 heavy (non-hydrogen) atoms. The zero-order chi connectivity index (χ0) is 12.5. The van der Waals surface area contributed by atoms with Crippen LogP contribution in [0.3, 0.4) is 0 Å². The number of fused-ring (bicyclic) bond motifs is 1. The second-order valence-electron chi connectivity index (χ2n) is 4.57. The van der Waals surface area contributed by atoms with Gasteiger partial charge in [-0.3, -0.25) is 4.57 Å². The van der Waals surface area contributed by atoms with Gasteiger partial charge in [0.15, 0.2) is 11.5 Å². The molecule has 0 saturated carbocycles. The summed E-state index contributed by atoms with van der Waals surface area (Å²) in [7, 11) is 0. The van der Waals surface area contributed by atoms with Crippen LogP contribution in [-0.4, -0.2) is 26.1 Å². The average molecular weight is 247 g/mol. The highest BCUT2D eigenvalue weighted by molar-refractivity contribution is 5.81. The summed E-state index contributed by atoms with van der Waals surface area (Å²) in [6.07, 6.45) is 5.70. The maximum atomic E-state index is 5.93. The van der Waals surface area contributed by atoms with Crippen molar-refractivity contribution in [2.45, 2.75) is 38.8 Å². The number of nitrogens with two attached hydrogens (primary N) is 1. The number of aryl methyl sites for hydroxylation is 1. The zero-order valence-electron chi connectivity index (χ0n) is 10.5. The number of anilines is 1. The molecule has 2 N–H and O–H groups in total. The first-order valence-corrected chi connectivity index (χ1v) is 6.40. The minimum atomic E-state index is 0.0405. The summed E-state index contributed by atoms with van der Waals surface area (Å²) in [4.78, 5) is 13.1. The van der Waals surface area contributed by atoms with Gasteiger partial charge in [-0.05, 0) is 19.3 Å². The standard InChI is InChI=1S/C12H17N5O/c1-2-4-8-15-11(13)10-12(16-8)17(7-14-10)9-5-3-6-18-9/h7,9H,2-6H2,1H3,(H2,13,15,16)/t9-/m1/s1. The Morgan fingerprint density at radius 3 is 3.11 bits per heavy atom. The van der Waals surface area contributed by atoms with Gasteiger partial charge in [0.1, 0.15) is 17.6 Å². The summed E-state index contributed by atoms with van der Waals surface area (Å²) in [5.41, 5.74) is 7.39. The first kappa shape index (κ1) is 11.4. The SMILES string of the molecule is CCCc1nc(N)c2ncn([C@H]3CCCO3)c2n1. The van der Waals surface area contributed by atoms with Gasteiger partial charge >= 0.3 is 0 Å². The van der Waals surface area contributed by atoms with Crippen molar-refractivity contribution < 1.29 is 4.74 Å². The van der Waals surface area contributed by atoms with Gasteiger partial charge in [0.25, 0.3) is 0 Å². The second kappa shape index (κ2) is 4.53. The smallest absolute Gasteiger partial charge is 0.167 e. The van der Waals surface area contributed by atoms with E-state index in [1.54, 1.807) is 6.33 Å². The fourth-order valence-corrected chi connectivity index (χ4v) is 2.31. The summed E-state index contributed by atoms with van der Waals surface area (Å²) >= 11 is 0. The van der Waals surface area contributed by atoms with Gasteiger partial charge in [0.2, 0.25) is 0 Å². The van der Waals surface area contributed by atoms with Gasteiger partial charge in [0, 0.05) is 13.0 Å². The first-order chi connectivity index (χ1) is 8.79. The molecule has 0 aliphatic carbocycles. The van der Waals surface area contributed by atoms with Gasteiger partial charge in [-0.15, -0.1) is 0 Å². The van der Waals surface area contributed by atoms with Crippen molar-refractivity contribution in [3.63, 3.8) is 0 Å². The van der Waals surface area contributed by atoms with Crippen LogP contribution in [0.2, 0.25) is 0 Å². The third-order valence-electron chi connectivity index (χ3n) is 3.18. The van der Waals surface area contributed by atoms with Crippen molar-refractivity contribution in [1.29, 1.82) is 0 Å². The Hall–Kier alpha value is -1.69. The number of nitrogens with zero attached hydrogens (tertiary/aromatic N) is 4. The van der Waals surface area contributed by atoms with E-state index < -0.39 is 0 Å². The molecule has 1 saturated heterocycles. The molecule has 2 aromatic heterocycles. The lowest BCUT2D eigenvalue weighted by Gasteiger charge is -2.11. The molecule has 96 valence electrons. The monoisotopic (exact) mass is 247 g/mol. The summed E-state index contributed by atoms with van der Waals surface area (Å²) in [6, 6.07) is 0. The molecule has 1 aliphatic rings. The van der Waals surface area contributed by atoms with Crippen molar-refractivity contribution in [1.82, 2.24) is 19.5 Å². The maximum Gasteiger partial charge on any atom is 0.167 e. The highest BCUT2D eigenvalue weighted by Gasteiger charge is 2.21. The van der Waals surface area contributed by atoms with Crippen LogP contribution >= 0.6 is 0 Å². The lowest BCUT2D eigenvalue weighted by atomic mass is 10.3. The van der Waals surface area contributed by atoms with Crippen molar-refractivity contribution in [2.75, 3.05) is 12.3 Å². The van der Waals surface area contributed by atoms with Gasteiger partial charge in [0.05, 0.1) is 6.33 Å². The van der Waals surface area contributed by atoms with Crippen LogP contribution in [0.4, 0.5) is 5.82 Å². The highest BCUT2D eigenvalue weighted by atomic mass is 16.5. The van der Waals surface area contributed by atoms with Crippen LogP contribution in [-0.2, 0) is 11.2 Å². The Morgan fingerprint density at radius 2 is 2.39 bits per heavy atom. The lowest BCUT2D eigenvalue weighted by molar-refractivity contribution is 0.0592. The van der Waals surface area contributed by atoms with Crippen molar-refractivity contribution in [3.8, 4) is 0 Å². The minimum Gasteiger partial charge on any atom is -0.382 e. The molecule has 0 spiro atoms. The Morgan fingerprint density at radius 1 is 1.50 bits per heavy atom. The van der Waals surface area contributed by atoms with Crippen LogP contribution in [0.25, 0.3) is 11.2 Å². The van der Waals surface area contributed by atoms with Crippen LogP contribution in [0.5, 0.6) is 0 Å². The Labute approximate surface area is 105 Å². The van der Waals surface area contributed by atoms with E-state index in [1.807, 2.05) is 4.57 Å². The Kier molecular flexibility index (Phi) is 2.87. The summed E-state index contributed by atoms with van der Waals surface area (Å²) in [6.45, 7) is 2.90. The average Bonchev–Trinajstić information content (AvgIpc) is 2.96. The molecule has 0 aromatic carbocycles. The molecular formula is C12H17N5O. The summed E-state index contributed by atoms with van der Waals surface area (Å²) in [5, 5.41) is 0. The van der Waals surface area contributed by atoms with Crippen LogP contribution in [0.1, 0.15) is 38.2 Å². The van der Waals surface area contributed by atoms with E-state index in [1.165, 1.54) is 0 Å². The molecule has 0 amide bonds. The lowest BCUT2D eigenvalue weighted by Crippen LogP contribution is -2.08. The van der Waals surface area contributed by atoms with Gasteiger partial charge in [-0.2, -0.15) is 0 Å². The third kappa shape index (κ3) is 1.82. The molecule has 2 aromatic rings. The van der Waals surface area contributed by atoms with E-state index in [-0.39, 0.29) is 6.23 Å². The fraction of sp³-hybridized carbons (Fsp3) is 0.583. The Balaban J connectivity index is 2.09. The van der Waals surface area contributed by atoms with E-state index in [9.17, 15) is 0 Å². The fourth-order valence-electron chi connectivity index (χ4n) is 2.31. The Bertz CT molecular complexity index is 559. The van der Waals surface area contributed by atoms with Crippen LogP contribution < -0.4 is 5.73 Å². The predicted octanol–water partition coefficient (Wildman–Crippen LogP) is 1.67. The predicted molar refractivity (Wildman–Crippen MR) is 68.0 cm³/mol. The number of imidazole rings is 1. The largest absolute Gasteiger partial charge is 0.382 e. The second-order valence-corrected chi connectivity index (χ2v) is 4.57. The number of hydrogen-bond donors (Lipinski definition) is 1. The zero-order valence-corrected chi connectivity index (χ0v) is 10.5. The third-order valence-corrected chi connectivity index (χ3v) is 3.18. The molecule has 3 rings (SSSR count). The molecule has 1 atom stereocenters. The number of ether oxygens (including phenoxy) is 1. The van der Waals surface area contributed by atoms with Crippen molar-refractivity contribution >= 4 is 17.0 Å². The molecule has 6 heteroatoms. The normalized spacial score (nSPS) is 19.7. The van der Waals surface area contributed by atoms with Crippen molar-refractivity contribution in [2.24, 2.45) is 0 Å². The van der Waals surface area contributed by atoms with Crippen LogP contribution in [0.15, 0.2) is 6.33 Å². The molecule has 1 fully saturated rings. The molecule has 0 bridgehead atoms. The maximum absolute atomic E-state index is 5.93. The van der Waals surface area contributed by atoms with Gasteiger partial charge < -0.3 is 10.5 Å².